The van der Waals surface area contributed by atoms with Gasteiger partial charge in [0.05, 0.1) is 17.4 Å². The van der Waals surface area contributed by atoms with E-state index >= 15 is 0 Å². The van der Waals surface area contributed by atoms with Gasteiger partial charge < -0.3 is 14.2 Å². The van der Waals surface area contributed by atoms with E-state index in [1.54, 1.807) is 12.1 Å². The van der Waals surface area contributed by atoms with E-state index in [1.165, 1.54) is 23.5 Å². The van der Waals surface area contributed by atoms with Gasteiger partial charge in [-0.2, -0.15) is 4.98 Å². The molecule has 3 aromatic rings. The second-order valence-electron chi connectivity index (χ2n) is 6.77. The van der Waals surface area contributed by atoms with E-state index in [1.807, 2.05) is 23.3 Å². The molecule has 4 rings (SSSR count). The molecular formula is C20H20FN3O3S. The van der Waals surface area contributed by atoms with Crippen molar-refractivity contribution >= 4 is 17.2 Å². The molecule has 28 heavy (non-hydrogen) atoms. The first-order chi connectivity index (χ1) is 13.6. The lowest BCUT2D eigenvalue weighted by atomic mass is 10.1. The van der Waals surface area contributed by atoms with Crippen LogP contribution in [0.5, 0.6) is 5.75 Å². The van der Waals surface area contributed by atoms with Crippen molar-refractivity contribution < 1.29 is 18.4 Å². The highest BCUT2D eigenvalue weighted by molar-refractivity contribution is 7.12. The van der Waals surface area contributed by atoms with E-state index in [2.05, 4.69) is 10.1 Å². The number of nitrogens with zero attached hydrogens (tertiary/aromatic N) is 3. The third kappa shape index (κ3) is 4.06. The summed E-state index contributed by atoms with van der Waals surface area (Å²) in [6, 6.07) is 7.83. The predicted molar refractivity (Wildman–Crippen MR) is 102 cm³/mol. The predicted octanol–water partition coefficient (Wildman–Crippen LogP) is 3.83. The van der Waals surface area contributed by atoms with Gasteiger partial charge in [-0.1, -0.05) is 5.16 Å². The lowest BCUT2D eigenvalue weighted by molar-refractivity contribution is 0.0793. The fourth-order valence-electron chi connectivity index (χ4n) is 3.21. The highest BCUT2D eigenvalue weighted by atomic mass is 32.1. The maximum atomic E-state index is 12.9. The van der Waals surface area contributed by atoms with E-state index in [0.717, 1.165) is 16.9 Å². The summed E-state index contributed by atoms with van der Waals surface area (Å²) in [7, 11) is 0. The molecule has 0 saturated carbocycles. The Morgan fingerprint density at radius 2 is 2.18 bits per heavy atom. The zero-order valence-electron chi connectivity index (χ0n) is 15.4. The molecule has 1 aliphatic heterocycles. The van der Waals surface area contributed by atoms with E-state index in [-0.39, 0.29) is 17.6 Å². The summed E-state index contributed by atoms with van der Waals surface area (Å²) in [5.74, 6) is 1.56. The van der Waals surface area contributed by atoms with E-state index in [9.17, 15) is 9.18 Å². The Morgan fingerprint density at radius 1 is 1.36 bits per heavy atom. The minimum atomic E-state index is -0.298. The van der Waals surface area contributed by atoms with Crippen LogP contribution >= 0.6 is 11.3 Å². The average molecular weight is 401 g/mol. The first-order valence-electron chi connectivity index (χ1n) is 9.14. The van der Waals surface area contributed by atoms with Gasteiger partial charge >= 0.3 is 0 Å². The minimum Gasteiger partial charge on any atom is -0.493 e. The smallest absolute Gasteiger partial charge is 0.264 e. The van der Waals surface area contributed by atoms with Crippen LogP contribution in [-0.4, -0.2) is 40.6 Å². The molecule has 1 aromatic carbocycles. The summed E-state index contributed by atoms with van der Waals surface area (Å²) in [4.78, 5) is 19.7. The molecule has 0 N–H and O–H groups in total. The molecule has 1 amide bonds. The summed E-state index contributed by atoms with van der Waals surface area (Å²) in [6.45, 7) is 3.60. The third-order valence-corrected chi connectivity index (χ3v) is 5.78. The summed E-state index contributed by atoms with van der Waals surface area (Å²) in [5, 5.41) is 5.95. The van der Waals surface area contributed by atoms with Crippen LogP contribution in [0.1, 0.15) is 39.3 Å². The Labute approximate surface area is 165 Å². The number of amides is 1. The average Bonchev–Trinajstić information content (AvgIpc) is 3.43. The summed E-state index contributed by atoms with van der Waals surface area (Å²) >= 11 is 1.48. The molecule has 1 fully saturated rings. The van der Waals surface area contributed by atoms with Crippen LogP contribution in [-0.2, 0) is 6.42 Å². The number of carbonyl (C=O) groups is 1. The molecule has 1 unspecified atom stereocenters. The van der Waals surface area contributed by atoms with Gasteiger partial charge in [-0.15, -0.1) is 11.3 Å². The maximum Gasteiger partial charge on any atom is 0.264 e. The van der Waals surface area contributed by atoms with Crippen LogP contribution < -0.4 is 4.74 Å². The molecule has 2 aromatic heterocycles. The Kier molecular flexibility index (Phi) is 5.38. The van der Waals surface area contributed by atoms with Crippen molar-refractivity contribution in [3.05, 3.63) is 63.7 Å². The maximum absolute atomic E-state index is 12.9. The molecular weight excluding hydrogens is 381 g/mol. The third-order valence-electron chi connectivity index (χ3n) is 4.77. The first-order valence-corrected chi connectivity index (χ1v) is 10.0. The quantitative estimate of drug-likeness (QED) is 0.628. The number of hydrogen-bond donors (Lipinski definition) is 0. The van der Waals surface area contributed by atoms with Crippen molar-refractivity contribution in [2.75, 3.05) is 19.7 Å². The molecule has 0 aliphatic carbocycles. The van der Waals surface area contributed by atoms with Gasteiger partial charge in [0.25, 0.3) is 5.91 Å². The topological polar surface area (TPSA) is 68.5 Å². The fourth-order valence-corrected chi connectivity index (χ4v) is 4.10. The number of aryl methyl sites for hydroxylation is 1. The normalized spacial score (nSPS) is 16.5. The van der Waals surface area contributed by atoms with Crippen molar-refractivity contribution in [2.45, 2.75) is 25.7 Å². The largest absolute Gasteiger partial charge is 0.493 e. The Morgan fingerprint density at radius 3 is 2.93 bits per heavy atom. The Bertz CT molecular complexity index is 954. The van der Waals surface area contributed by atoms with Crippen LogP contribution in [0.15, 0.2) is 40.2 Å². The van der Waals surface area contributed by atoms with Crippen LogP contribution in [0, 0.1) is 12.7 Å². The van der Waals surface area contributed by atoms with Gasteiger partial charge in [0.15, 0.2) is 5.82 Å². The summed E-state index contributed by atoms with van der Waals surface area (Å²) in [5.41, 5.74) is 1.01. The van der Waals surface area contributed by atoms with Crippen molar-refractivity contribution in [2.24, 2.45) is 0 Å². The van der Waals surface area contributed by atoms with E-state index in [4.69, 9.17) is 9.26 Å². The Hall–Kier alpha value is -2.74. The number of benzene rings is 1. The zero-order valence-corrected chi connectivity index (χ0v) is 16.2. The van der Waals surface area contributed by atoms with Crippen molar-refractivity contribution in [1.82, 2.24) is 15.0 Å². The molecule has 146 valence electrons. The monoisotopic (exact) mass is 401 g/mol. The molecule has 1 atom stereocenters. The second-order valence-corrected chi connectivity index (χ2v) is 7.69. The number of likely N-dealkylation sites (tertiary alicyclic amines) is 1. The fraction of sp³-hybridized carbons (Fsp3) is 0.350. The SMILES string of the molecule is Cc1ccsc1C(=O)N1CCC(c2nc(CCOc3ccc(F)cc3)no2)C1. The van der Waals surface area contributed by atoms with Crippen LogP contribution in [0.4, 0.5) is 4.39 Å². The highest BCUT2D eigenvalue weighted by Crippen LogP contribution is 2.28. The zero-order chi connectivity index (χ0) is 19.5. The van der Waals surface area contributed by atoms with Gasteiger partial charge in [-0.05, 0) is 54.6 Å². The number of aromatic nitrogens is 2. The van der Waals surface area contributed by atoms with Gasteiger partial charge in [0.2, 0.25) is 5.89 Å². The van der Waals surface area contributed by atoms with E-state index < -0.39 is 0 Å². The number of carbonyl (C=O) groups excluding carboxylic acids is 1. The molecule has 0 spiro atoms. The minimum absolute atomic E-state index is 0.0588. The second kappa shape index (κ2) is 8.10. The molecule has 1 saturated heterocycles. The van der Waals surface area contributed by atoms with E-state index in [0.29, 0.717) is 43.6 Å². The van der Waals surface area contributed by atoms with Crippen molar-refractivity contribution in [3.63, 3.8) is 0 Å². The molecule has 8 heteroatoms. The Balaban J connectivity index is 1.30. The van der Waals surface area contributed by atoms with Crippen LogP contribution in [0.3, 0.4) is 0 Å². The van der Waals surface area contributed by atoms with Gasteiger partial charge in [0, 0.05) is 19.5 Å². The lowest BCUT2D eigenvalue weighted by Gasteiger charge is -2.15. The highest BCUT2D eigenvalue weighted by Gasteiger charge is 2.32. The van der Waals surface area contributed by atoms with Crippen molar-refractivity contribution in [3.8, 4) is 5.75 Å². The van der Waals surface area contributed by atoms with Crippen molar-refractivity contribution in [1.29, 1.82) is 0 Å². The number of halogens is 1. The number of hydrogen-bond acceptors (Lipinski definition) is 6. The number of rotatable bonds is 6. The summed E-state index contributed by atoms with van der Waals surface area (Å²) in [6.07, 6.45) is 1.30. The van der Waals surface area contributed by atoms with Gasteiger partial charge in [-0.25, -0.2) is 4.39 Å². The first kappa shape index (κ1) is 18.6. The molecule has 0 radical (unpaired) electrons. The van der Waals surface area contributed by atoms with Crippen LogP contribution in [0.2, 0.25) is 0 Å². The van der Waals surface area contributed by atoms with Gasteiger partial charge in [0.1, 0.15) is 11.6 Å². The molecule has 0 bridgehead atoms. The van der Waals surface area contributed by atoms with Crippen LogP contribution in [0.25, 0.3) is 0 Å². The van der Waals surface area contributed by atoms with Gasteiger partial charge in [-0.3, -0.25) is 4.79 Å². The summed E-state index contributed by atoms with van der Waals surface area (Å²) < 4.78 is 23.9. The molecule has 1 aliphatic rings. The lowest BCUT2D eigenvalue weighted by Crippen LogP contribution is -2.28. The number of ether oxygens (including phenoxy) is 1. The molecule has 6 nitrogen and oxygen atoms in total. The molecule has 3 heterocycles. The standard InChI is InChI=1S/C20H20FN3O3S/c1-13-8-11-28-18(13)20(25)24-9-6-14(12-24)19-22-17(23-27-19)7-10-26-16-4-2-15(21)3-5-16/h2-5,8,11,14H,6-7,9-10,12H2,1H3. The number of thiophene rings is 1.